The Morgan fingerprint density at radius 3 is 2.62 bits per heavy atom. The number of hydrogen-bond donors (Lipinski definition) is 1. The van der Waals surface area contributed by atoms with Crippen LogP contribution in [0.5, 0.6) is 0 Å². The molecule has 0 heterocycles. The zero-order valence-electron chi connectivity index (χ0n) is 12.1. The highest BCUT2D eigenvalue weighted by Crippen LogP contribution is 2.30. The summed E-state index contributed by atoms with van der Waals surface area (Å²) in [5, 5.41) is 14.1. The van der Waals surface area contributed by atoms with Crippen molar-refractivity contribution in [3.05, 3.63) is 34.4 Å². The summed E-state index contributed by atoms with van der Waals surface area (Å²) >= 11 is 0. The van der Waals surface area contributed by atoms with Crippen molar-refractivity contribution in [1.82, 2.24) is 0 Å². The standard InChI is InChI=1S/C15H20N2O4/c1-21-15(18)12-8-6-11(7-9-12)10-16-13-4-2-3-5-14(13)17(19)20/h2-5,11-12,16H,6-10H2,1H3/t11-,12-. The van der Waals surface area contributed by atoms with Crippen LogP contribution in [0.15, 0.2) is 24.3 Å². The minimum absolute atomic E-state index is 0.0114. The SMILES string of the molecule is COC(=O)[C@H]1CC[C@H](CNc2ccccc2[N+](=O)[O-])CC1. The molecule has 0 aliphatic heterocycles. The highest BCUT2D eigenvalue weighted by atomic mass is 16.6. The molecule has 1 aliphatic carbocycles. The molecule has 0 aromatic heterocycles. The van der Waals surface area contributed by atoms with E-state index in [4.69, 9.17) is 4.74 Å². The van der Waals surface area contributed by atoms with Crippen molar-refractivity contribution in [2.24, 2.45) is 11.8 Å². The zero-order chi connectivity index (χ0) is 15.2. The van der Waals surface area contributed by atoms with E-state index in [1.54, 1.807) is 18.2 Å². The maximum atomic E-state index is 11.5. The molecule has 1 aromatic carbocycles. The Bertz CT molecular complexity index is 510. The Kier molecular flexibility index (Phi) is 5.14. The highest BCUT2D eigenvalue weighted by Gasteiger charge is 2.27. The fraction of sp³-hybridized carbons (Fsp3) is 0.533. The lowest BCUT2D eigenvalue weighted by atomic mass is 9.82. The van der Waals surface area contributed by atoms with Crippen LogP contribution in [0.1, 0.15) is 25.7 Å². The van der Waals surface area contributed by atoms with Crippen LogP contribution >= 0.6 is 0 Å². The van der Waals surface area contributed by atoms with Crippen molar-refractivity contribution >= 4 is 17.3 Å². The number of ether oxygens (including phenoxy) is 1. The number of para-hydroxylation sites is 2. The Hall–Kier alpha value is -2.11. The lowest BCUT2D eigenvalue weighted by Gasteiger charge is -2.27. The van der Waals surface area contributed by atoms with E-state index in [1.165, 1.54) is 13.2 Å². The molecule has 6 nitrogen and oxygen atoms in total. The van der Waals surface area contributed by atoms with E-state index in [-0.39, 0.29) is 22.5 Å². The van der Waals surface area contributed by atoms with Gasteiger partial charge in [0, 0.05) is 12.6 Å². The predicted molar refractivity (Wildman–Crippen MR) is 79.1 cm³/mol. The minimum atomic E-state index is -0.378. The molecule has 1 saturated carbocycles. The summed E-state index contributed by atoms with van der Waals surface area (Å²) in [4.78, 5) is 22.0. The molecule has 21 heavy (non-hydrogen) atoms. The summed E-state index contributed by atoms with van der Waals surface area (Å²) in [6.07, 6.45) is 3.53. The average molecular weight is 292 g/mol. The van der Waals surface area contributed by atoms with E-state index in [1.807, 2.05) is 0 Å². The van der Waals surface area contributed by atoms with Gasteiger partial charge in [0.05, 0.1) is 18.0 Å². The van der Waals surface area contributed by atoms with Crippen LogP contribution in [0.4, 0.5) is 11.4 Å². The fourth-order valence-electron chi connectivity index (χ4n) is 2.81. The van der Waals surface area contributed by atoms with E-state index in [9.17, 15) is 14.9 Å². The van der Waals surface area contributed by atoms with Gasteiger partial charge in [0.15, 0.2) is 0 Å². The van der Waals surface area contributed by atoms with Crippen LogP contribution in [0, 0.1) is 22.0 Å². The first-order valence-corrected chi connectivity index (χ1v) is 7.17. The Morgan fingerprint density at radius 2 is 2.00 bits per heavy atom. The first-order chi connectivity index (χ1) is 10.1. The lowest BCUT2D eigenvalue weighted by Crippen LogP contribution is -2.26. The topological polar surface area (TPSA) is 81.5 Å². The molecule has 6 heteroatoms. The van der Waals surface area contributed by atoms with Gasteiger partial charge in [0.25, 0.3) is 5.69 Å². The normalized spacial score (nSPS) is 21.6. The maximum Gasteiger partial charge on any atom is 0.308 e. The molecule has 0 unspecified atom stereocenters. The third-order valence-corrected chi connectivity index (χ3v) is 4.06. The second kappa shape index (κ2) is 7.06. The number of nitrogens with one attached hydrogen (secondary N) is 1. The van der Waals surface area contributed by atoms with Gasteiger partial charge in [-0.3, -0.25) is 14.9 Å². The number of carbonyl (C=O) groups is 1. The lowest BCUT2D eigenvalue weighted by molar-refractivity contribution is -0.384. The molecular weight excluding hydrogens is 272 g/mol. The van der Waals surface area contributed by atoms with E-state index >= 15 is 0 Å². The zero-order valence-corrected chi connectivity index (χ0v) is 12.1. The van der Waals surface area contributed by atoms with Crippen molar-refractivity contribution in [3.8, 4) is 0 Å². The van der Waals surface area contributed by atoms with E-state index in [2.05, 4.69) is 5.32 Å². The summed E-state index contributed by atoms with van der Waals surface area (Å²) < 4.78 is 4.77. The third-order valence-electron chi connectivity index (χ3n) is 4.06. The summed E-state index contributed by atoms with van der Waals surface area (Å²) in [6.45, 7) is 0.693. The molecular formula is C15H20N2O4. The number of benzene rings is 1. The van der Waals surface area contributed by atoms with Gasteiger partial charge in [-0.05, 0) is 37.7 Å². The van der Waals surface area contributed by atoms with Crippen LogP contribution in [-0.4, -0.2) is 24.5 Å². The molecule has 114 valence electrons. The highest BCUT2D eigenvalue weighted by molar-refractivity contribution is 5.72. The van der Waals surface area contributed by atoms with Gasteiger partial charge < -0.3 is 10.1 Å². The van der Waals surface area contributed by atoms with Gasteiger partial charge in [-0.1, -0.05) is 12.1 Å². The molecule has 0 saturated heterocycles. The molecule has 0 atom stereocenters. The maximum absolute atomic E-state index is 11.5. The second-order valence-electron chi connectivity index (χ2n) is 5.40. The first kappa shape index (κ1) is 15.3. The summed E-state index contributed by atoms with van der Waals surface area (Å²) in [5.74, 6) is 0.322. The number of nitrogens with zero attached hydrogens (tertiary/aromatic N) is 1. The Morgan fingerprint density at radius 1 is 1.33 bits per heavy atom. The molecule has 1 N–H and O–H groups in total. The van der Waals surface area contributed by atoms with Gasteiger partial charge >= 0.3 is 5.97 Å². The van der Waals surface area contributed by atoms with Crippen molar-refractivity contribution in [3.63, 3.8) is 0 Å². The van der Waals surface area contributed by atoms with Crippen molar-refractivity contribution in [1.29, 1.82) is 0 Å². The first-order valence-electron chi connectivity index (χ1n) is 7.17. The number of anilines is 1. The molecule has 1 fully saturated rings. The molecule has 0 bridgehead atoms. The number of rotatable bonds is 5. The quantitative estimate of drug-likeness (QED) is 0.512. The molecule has 0 spiro atoms. The minimum Gasteiger partial charge on any atom is -0.469 e. The number of nitro benzene ring substituents is 1. The van der Waals surface area contributed by atoms with Crippen LogP contribution in [0.25, 0.3) is 0 Å². The number of carbonyl (C=O) groups excluding carboxylic acids is 1. The van der Waals surface area contributed by atoms with Gasteiger partial charge in [-0.25, -0.2) is 0 Å². The van der Waals surface area contributed by atoms with Crippen molar-refractivity contribution in [2.45, 2.75) is 25.7 Å². The van der Waals surface area contributed by atoms with Crippen LogP contribution in [0.3, 0.4) is 0 Å². The largest absolute Gasteiger partial charge is 0.469 e. The van der Waals surface area contributed by atoms with Crippen LogP contribution in [0.2, 0.25) is 0 Å². The van der Waals surface area contributed by atoms with Crippen molar-refractivity contribution < 1.29 is 14.5 Å². The third kappa shape index (κ3) is 3.93. The molecule has 0 amide bonds. The summed E-state index contributed by atoms with van der Waals surface area (Å²) in [5.41, 5.74) is 0.651. The molecule has 1 aliphatic rings. The molecule has 1 aromatic rings. The van der Waals surface area contributed by atoms with E-state index < -0.39 is 0 Å². The van der Waals surface area contributed by atoms with Gasteiger partial charge in [0.1, 0.15) is 5.69 Å². The van der Waals surface area contributed by atoms with Crippen LogP contribution < -0.4 is 5.32 Å². The Balaban J connectivity index is 1.85. The van der Waals surface area contributed by atoms with Gasteiger partial charge in [-0.2, -0.15) is 0 Å². The average Bonchev–Trinajstić information content (AvgIpc) is 2.52. The molecule has 0 radical (unpaired) electrons. The Labute approximate surface area is 123 Å². The van der Waals surface area contributed by atoms with Gasteiger partial charge in [0.2, 0.25) is 0 Å². The van der Waals surface area contributed by atoms with Gasteiger partial charge in [-0.15, -0.1) is 0 Å². The number of hydrogen-bond acceptors (Lipinski definition) is 5. The summed E-state index contributed by atoms with van der Waals surface area (Å²) in [6, 6.07) is 6.66. The van der Waals surface area contributed by atoms with E-state index in [0.29, 0.717) is 18.2 Å². The number of nitro groups is 1. The second-order valence-corrected chi connectivity index (χ2v) is 5.40. The smallest absolute Gasteiger partial charge is 0.308 e. The fourth-order valence-corrected chi connectivity index (χ4v) is 2.81. The summed E-state index contributed by atoms with van der Waals surface area (Å²) in [7, 11) is 1.42. The monoisotopic (exact) mass is 292 g/mol. The van der Waals surface area contributed by atoms with Crippen molar-refractivity contribution in [2.75, 3.05) is 19.0 Å². The van der Waals surface area contributed by atoms with E-state index in [0.717, 1.165) is 25.7 Å². The molecule has 2 rings (SSSR count). The predicted octanol–water partition coefficient (Wildman–Crippen LogP) is 2.99. The van der Waals surface area contributed by atoms with Crippen LogP contribution in [-0.2, 0) is 9.53 Å². The number of esters is 1. The number of methoxy groups -OCH3 is 1.